The lowest BCUT2D eigenvalue weighted by Gasteiger charge is -2.52. The molecule has 124 valence electrons. The molecule has 1 spiro atoms. The van der Waals surface area contributed by atoms with Crippen molar-refractivity contribution in [2.24, 2.45) is 0 Å². The molecular weight excluding hydrogens is 310 g/mol. The Hall–Kier alpha value is -2.61. The molecule has 1 amide bonds. The van der Waals surface area contributed by atoms with Crippen molar-refractivity contribution in [2.45, 2.75) is 24.5 Å². The maximum absolute atomic E-state index is 12.4. The molecule has 2 aliphatic rings. The van der Waals surface area contributed by atoms with E-state index in [4.69, 9.17) is 9.47 Å². The van der Waals surface area contributed by atoms with Crippen LogP contribution in [0.25, 0.3) is 0 Å². The Morgan fingerprint density at radius 3 is 2.92 bits per heavy atom. The minimum atomic E-state index is -0.326. The van der Waals surface area contributed by atoms with E-state index in [0.29, 0.717) is 31.3 Å². The van der Waals surface area contributed by atoms with Crippen molar-refractivity contribution in [3.63, 3.8) is 0 Å². The van der Waals surface area contributed by atoms with Crippen LogP contribution in [0.2, 0.25) is 0 Å². The van der Waals surface area contributed by atoms with Gasteiger partial charge in [0.1, 0.15) is 23.7 Å². The highest BCUT2D eigenvalue weighted by Crippen LogP contribution is 2.36. The highest BCUT2D eigenvalue weighted by Gasteiger charge is 2.50. The van der Waals surface area contributed by atoms with Gasteiger partial charge in [-0.25, -0.2) is 15.0 Å². The lowest BCUT2D eigenvalue weighted by Crippen LogP contribution is -2.67. The van der Waals surface area contributed by atoms with E-state index in [1.54, 1.807) is 35.8 Å². The van der Waals surface area contributed by atoms with Crippen LogP contribution in [0, 0.1) is 0 Å². The van der Waals surface area contributed by atoms with E-state index in [1.165, 1.54) is 6.33 Å². The maximum atomic E-state index is 12.4. The fraction of sp³-hybridized carbons (Fsp3) is 0.438. The number of carbonyl (C=O) groups is 1. The molecule has 8 heteroatoms. The van der Waals surface area contributed by atoms with Crippen molar-refractivity contribution in [3.05, 3.63) is 42.9 Å². The molecule has 4 heterocycles. The number of likely N-dealkylation sites (tertiary alicyclic amines) is 1. The van der Waals surface area contributed by atoms with Crippen molar-refractivity contribution in [3.8, 4) is 5.88 Å². The van der Waals surface area contributed by atoms with Crippen LogP contribution in [-0.4, -0.2) is 62.1 Å². The van der Waals surface area contributed by atoms with Gasteiger partial charge in [0.25, 0.3) is 5.91 Å². The van der Waals surface area contributed by atoms with Crippen LogP contribution >= 0.6 is 0 Å². The molecular formula is C16H17N5O3. The number of hydrogen-bond acceptors (Lipinski definition) is 7. The Bertz CT molecular complexity index is 706. The molecule has 0 radical (unpaired) electrons. The second-order valence-electron chi connectivity index (χ2n) is 6.06. The molecule has 2 aromatic rings. The summed E-state index contributed by atoms with van der Waals surface area (Å²) in [4.78, 5) is 30.1. The Labute approximate surface area is 138 Å². The maximum Gasteiger partial charge on any atom is 0.272 e. The van der Waals surface area contributed by atoms with Gasteiger partial charge in [0, 0.05) is 31.4 Å². The van der Waals surface area contributed by atoms with E-state index in [1.807, 2.05) is 0 Å². The number of amides is 1. The zero-order valence-electron chi connectivity index (χ0n) is 13.0. The SMILES string of the molecule is O=C(c1ccncn1)N1CC2(CC(Oc3cnccn3)CCO2)C1. The largest absolute Gasteiger partial charge is 0.473 e. The predicted molar refractivity (Wildman–Crippen MR) is 82.3 cm³/mol. The van der Waals surface area contributed by atoms with Gasteiger partial charge in [-0.15, -0.1) is 0 Å². The third-order valence-electron chi connectivity index (χ3n) is 4.32. The van der Waals surface area contributed by atoms with Gasteiger partial charge in [0.2, 0.25) is 5.88 Å². The fourth-order valence-corrected chi connectivity index (χ4v) is 3.19. The summed E-state index contributed by atoms with van der Waals surface area (Å²) in [5.41, 5.74) is 0.0800. The Kier molecular flexibility index (Phi) is 3.81. The van der Waals surface area contributed by atoms with Crippen LogP contribution in [0.1, 0.15) is 23.3 Å². The lowest BCUT2D eigenvalue weighted by atomic mass is 9.84. The van der Waals surface area contributed by atoms with Crippen LogP contribution in [0.4, 0.5) is 0 Å². The number of aromatic nitrogens is 4. The molecule has 24 heavy (non-hydrogen) atoms. The molecule has 4 rings (SSSR count). The summed E-state index contributed by atoms with van der Waals surface area (Å²) in [5.74, 6) is 0.427. The minimum absolute atomic E-state index is 0.0201. The normalized spacial score (nSPS) is 22.0. The second-order valence-corrected chi connectivity index (χ2v) is 6.06. The number of carbonyl (C=O) groups excluding carboxylic acids is 1. The third-order valence-corrected chi connectivity index (χ3v) is 4.32. The molecule has 1 atom stereocenters. The van der Waals surface area contributed by atoms with Gasteiger partial charge in [0.05, 0.1) is 25.9 Å². The van der Waals surface area contributed by atoms with E-state index in [0.717, 1.165) is 12.8 Å². The van der Waals surface area contributed by atoms with E-state index in [-0.39, 0.29) is 17.6 Å². The first kappa shape index (κ1) is 14.9. The fourth-order valence-electron chi connectivity index (χ4n) is 3.19. The van der Waals surface area contributed by atoms with E-state index < -0.39 is 0 Å². The molecule has 0 bridgehead atoms. The summed E-state index contributed by atoms with van der Waals surface area (Å²) in [7, 11) is 0. The predicted octanol–water partition coefficient (Wildman–Crippen LogP) is 0.719. The van der Waals surface area contributed by atoms with Crippen molar-refractivity contribution >= 4 is 5.91 Å². The van der Waals surface area contributed by atoms with Gasteiger partial charge in [0.15, 0.2) is 0 Å². The monoisotopic (exact) mass is 327 g/mol. The molecule has 0 saturated carbocycles. The van der Waals surface area contributed by atoms with Crippen molar-refractivity contribution < 1.29 is 14.3 Å². The summed E-state index contributed by atoms with van der Waals surface area (Å²) >= 11 is 0. The molecule has 2 saturated heterocycles. The van der Waals surface area contributed by atoms with E-state index in [9.17, 15) is 4.79 Å². The van der Waals surface area contributed by atoms with Crippen LogP contribution in [0.15, 0.2) is 37.2 Å². The zero-order valence-corrected chi connectivity index (χ0v) is 13.0. The van der Waals surface area contributed by atoms with Crippen LogP contribution in [-0.2, 0) is 4.74 Å². The van der Waals surface area contributed by atoms with Crippen LogP contribution in [0.3, 0.4) is 0 Å². The standard InChI is InChI=1S/C16H17N5O3/c22-15(13-1-3-18-11-20-13)21-9-16(10-21)7-12(2-6-23-16)24-14-8-17-4-5-19-14/h1,3-5,8,11-12H,2,6-7,9-10H2. The Morgan fingerprint density at radius 2 is 2.17 bits per heavy atom. The van der Waals surface area contributed by atoms with Crippen molar-refractivity contribution in [2.75, 3.05) is 19.7 Å². The quantitative estimate of drug-likeness (QED) is 0.820. The lowest BCUT2D eigenvalue weighted by molar-refractivity contribution is -0.174. The molecule has 2 aromatic heterocycles. The third kappa shape index (κ3) is 2.92. The summed E-state index contributed by atoms with van der Waals surface area (Å²) in [6.07, 6.45) is 9.33. The van der Waals surface area contributed by atoms with Gasteiger partial charge in [-0.1, -0.05) is 0 Å². The Morgan fingerprint density at radius 1 is 1.25 bits per heavy atom. The number of ether oxygens (including phenoxy) is 2. The average molecular weight is 327 g/mol. The highest BCUT2D eigenvalue weighted by atomic mass is 16.5. The summed E-state index contributed by atoms with van der Waals surface area (Å²) in [6, 6.07) is 1.62. The molecule has 1 unspecified atom stereocenters. The first-order valence-electron chi connectivity index (χ1n) is 7.86. The van der Waals surface area contributed by atoms with E-state index in [2.05, 4.69) is 19.9 Å². The zero-order chi connectivity index (χ0) is 16.4. The topological polar surface area (TPSA) is 90.3 Å². The van der Waals surface area contributed by atoms with Gasteiger partial charge >= 0.3 is 0 Å². The molecule has 0 aromatic carbocycles. The highest BCUT2D eigenvalue weighted by molar-refractivity contribution is 5.92. The Balaban J connectivity index is 1.36. The van der Waals surface area contributed by atoms with Gasteiger partial charge in [-0.05, 0) is 6.07 Å². The van der Waals surface area contributed by atoms with Crippen molar-refractivity contribution in [1.29, 1.82) is 0 Å². The van der Waals surface area contributed by atoms with Gasteiger partial charge in [-0.2, -0.15) is 0 Å². The number of nitrogens with zero attached hydrogens (tertiary/aromatic N) is 5. The summed E-state index contributed by atoms with van der Waals surface area (Å²) in [6.45, 7) is 1.72. The minimum Gasteiger partial charge on any atom is -0.473 e. The molecule has 0 aliphatic carbocycles. The van der Waals surface area contributed by atoms with Gasteiger partial charge < -0.3 is 14.4 Å². The number of rotatable bonds is 3. The molecule has 8 nitrogen and oxygen atoms in total. The van der Waals surface area contributed by atoms with E-state index >= 15 is 0 Å². The summed E-state index contributed by atoms with van der Waals surface area (Å²) in [5, 5.41) is 0. The van der Waals surface area contributed by atoms with Crippen LogP contribution < -0.4 is 4.74 Å². The second kappa shape index (κ2) is 6.12. The summed E-state index contributed by atoms with van der Waals surface area (Å²) < 4.78 is 11.8. The first-order chi connectivity index (χ1) is 11.7. The molecule has 0 N–H and O–H groups in total. The first-order valence-corrected chi connectivity index (χ1v) is 7.86. The molecule has 2 fully saturated rings. The van der Waals surface area contributed by atoms with Crippen LogP contribution in [0.5, 0.6) is 5.88 Å². The van der Waals surface area contributed by atoms with Crippen molar-refractivity contribution in [1.82, 2.24) is 24.8 Å². The number of hydrogen-bond donors (Lipinski definition) is 0. The average Bonchev–Trinajstić information content (AvgIpc) is 2.61. The molecule has 2 aliphatic heterocycles. The van der Waals surface area contributed by atoms with Gasteiger partial charge in [-0.3, -0.25) is 9.78 Å². The smallest absolute Gasteiger partial charge is 0.272 e.